The van der Waals surface area contributed by atoms with Crippen LogP contribution in [0.25, 0.3) is 0 Å². The van der Waals surface area contributed by atoms with Gasteiger partial charge in [-0.05, 0) is 12.1 Å². The molecule has 2 N–H and O–H groups in total. The summed E-state index contributed by atoms with van der Waals surface area (Å²) in [4.78, 5) is 21.2. The monoisotopic (exact) mass is 285 g/mol. The zero-order chi connectivity index (χ0) is 14.1. The fourth-order valence-electron chi connectivity index (χ4n) is 1.04. The predicted octanol–water partition coefficient (Wildman–Crippen LogP) is 2.68. The number of rotatable bonds is 2. The first-order valence-corrected chi connectivity index (χ1v) is 4.62. The molecular weight excluding hydrogens is 282 g/mol. The maximum absolute atomic E-state index is 13.5. The highest BCUT2D eigenvalue weighted by molar-refractivity contribution is 6.33. The summed E-state index contributed by atoms with van der Waals surface area (Å²) in [6, 6.07) is 1.59. The van der Waals surface area contributed by atoms with Gasteiger partial charge in [-0.25, -0.2) is 9.18 Å². The lowest BCUT2D eigenvalue weighted by molar-refractivity contribution is -0.167. The third kappa shape index (κ3) is 2.89. The third-order valence-corrected chi connectivity index (χ3v) is 2.13. The van der Waals surface area contributed by atoms with Crippen LogP contribution in [0.15, 0.2) is 12.1 Å². The average Bonchev–Trinajstić information content (AvgIpc) is 2.20. The summed E-state index contributed by atoms with van der Waals surface area (Å²) in [5.41, 5.74) is -1.93. The van der Waals surface area contributed by atoms with Crippen molar-refractivity contribution in [3.63, 3.8) is 0 Å². The van der Waals surface area contributed by atoms with Crippen molar-refractivity contribution in [2.75, 3.05) is 5.32 Å². The molecule has 1 rings (SSSR count). The van der Waals surface area contributed by atoms with Crippen molar-refractivity contribution in [2.45, 2.75) is 6.18 Å². The van der Waals surface area contributed by atoms with Crippen LogP contribution < -0.4 is 5.32 Å². The van der Waals surface area contributed by atoms with Gasteiger partial charge in [-0.15, -0.1) is 0 Å². The van der Waals surface area contributed by atoms with Gasteiger partial charge >= 0.3 is 18.1 Å². The number of alkyl halides is 3. The highest BCUT2D eigenvalue weighted by Crippen LogP contribution is 2.27. The van der Waals surface area contributed by atoms with Crippen LogP contribution in [0.5, 0.6) is 0 Å². The number of nitrogens with one attached hydrogen (secondary N) is 1. The molecule has 0 bridgehead atoms. The van der Waals surface area contributed by atoms with Crippen molar-refractivity contribution >= 4 is 29.2 Å². The molecule has 1 aromatic rings. The van der Waals surface area contributed by atoms with Crippen molar-refractivity contribution in [1.82, 2.24) is 0 Å². The SMILES string of the molecule is O=C(O)c1c(Cl)ccc(NC(=O)C(F)(F)F)c1F. The number of carboxylic acid groups (broad SMARTS) is 1. The quantitative estimate of drug-likeness (QED) is 0.821. The maximum Gasteiger partial charge on any atom is 0.471 e. The van der Waals surface area contributed by atoms with Gasteiger partial charge in [0.05, 0.1) is 10.7 Å². The molecule has 0 aliphatic carbocycles. The highest BCUT2D eigenvalue weighted by atomic mass is 35.5. The molecule has 0 radical (unpaired) electrons. The van der Waals surface area contributed by atoms with Crippen LogP contribution in [-0.4, -0.2) is 23.2 Å². The van der Waals surface area contributed by atoms with Crippen molar-refractivity contribution in [1.29, 1.82) is 0 Å². The van der Waals surface area contributed by atoms with Crippen LogP contribution in [-0.2, 0) is 4.79 Å². The molecule has 0 aromatic heterocycles. The van der Waals surface area contributed by atoms with E-state index in [4.69, 9.17) is 16.7 Å². The Morgan fingerprint density at radius 2 is 1.83 bits per heavy atom. The van der Waals surface area contributed by atoms with Gasteiger partial charge in [0.15, 0.2) is 5.82 Å². The molecule has 0 saturated carbocycles. The molecule has 1 amide bonds. The van der Waals surface area contributed by atoms with Crippen LogP contribution in [0.3, 0.4) is 0 Å². The van der Waals surface area contributed by atoms with Gasteiger partial charge in [-0.1, -0.05) is 11.6 Å². The van der Waals surface area contributed by atoms with E-state index >= 15 is 0 Å². The second-order valence-electron chi connectivity index (χ2n) is 3.04. The first kappa shape index (κ1) is 14.2. The minimum atomic E-state index is -5.21. The van der Waals surface area contributed by atoms with Gasteiger partial charge in [0.1, 0.15) is 5.56 Å². The van der Waals surface area contributed by atoms with Gasteiger partial charge in [-0.2, -0.15) is 13.2 Å². The molecule has 0 aliphatic heterocycles. The number of amides is 1. The minimum absolute atomic E-state index is 0.495. The number of anilines is 1. The predicted molar refractivity (Wildman–Crippen MR) is 53.1 cm³/mol. The summed E-state index contributed by atoms with van der Waals surface area (Å²) in [7, 11) is 0. The smallest absolute Gasteiger partial charge is 0.471 e. The Balaban J connectivity index is 3.17. The molecule has 0 saturated heterocycles. The Labute approximate surface area is 102 Å². The van der Waals surface area contributed by atoms with Crippen LogP contribution >= 0.6 is 11.6 Å². The van der Waals surface area contributed by atoms with Crippen molar-refractivity contribution in [3.05, 3.63) is 28.5 Å². The fraction of sp³-hybridized carbons (Fsp3) is 0.111. The van der Waals surface area contributed by atoms with Crippen LogP contribution in [0.2, 0.25) is 5.02 Å². The van der Waals surface area contributed by atoms with E-state index in [0.717, 1.165) is 12.1 Å². The second-order valence-corrected chi connectivity index (χ2v) is 3.45. The Hall–Kier alpha value is -1.83. The van der Waals surface area contributed by atoms with E-state index in [0.29, 0.717) is 0 Å². The third-order valence-electron chi connectivity index (χ3n) is 1.81. The fourth-order valence-corrected chi connectivity index (χ4v) is 1.27. The number of benzene rings is 1. The molecule has 0 aliphatic rings. The zero-order valence-corrected chi connectivity index (χ0v) is 9.06. The minimum Gasteiger partial charge on any atom is -0.478 e. The number of carbonyl (C=O) groups excluding carboxylic acids is 1. The Morgan fingerprint density at radius 3 is 2.28 bits per heavy atom. The van der Waals surface area contributed by atoms with E-state index in [2.05, 4.69) is 0 Å². The first-order valence-electron chi connectivity index (χ1n) is 4.24. The lowest BCUT2D eigenvalue weighted by Gasteiger charge is -2.10. The lowest BCUT2D eigenvalue weighted by Crippen LogP contribution is -2.30. The normalized spacial score (nSPS) is 11.2. The Bertz CT molecular complexity index is 515. The van der Waals surface area contributed by atoms with Crippen molar-refractivity contribution < 1.29 is 32.3 Å². The van der Waals surface area contributed by atoms with Crippen molar-refractivity contribution in [3.8, 4) is 0 Å². The molecule has 98 valence electrons. The van der Waals surface area contributed by atoms with E-state index in [1.165, 1.54) is 5.32 Å². The molecule has 9 heteroatoms. The topological polar surface area (TPSA) is 66.4 Å². The summed E-state index contributed by atoms with van der Waals surface area (Å²) in [5.74, 6) is -5.73. The number of hydrogen-bond donors (Lipinski definition) is 2. The van der Waals surface area contributed by atoms with Gasteiger partial charge < -0.3 is 10.4 Å². The average molecular weight is 286 g/mol. The molecule has 0 fully saturated rings. The van der Waals surface area contributed by atoms with Gasteiger partial charge in [0.25, 0.3) is 0 Å². The number of carboxylic acids is 1. The first-order chi connectivity index (χ1) is 8.14. The molecule has 0 heterocycles. The molecule has 0 atom stereocenters. The highest BCUT2D eigenvalue weighted by Gasteiger charge is 2.39. The van der Waals surface area contributed by atoms with Crippen LogP contribution in [0.1, 0.15) is 10.4 Å². The van der Waals surface area contributed by atoms with Gasteiger partial charge in [-0.3, -0.25) is 4.79 Å². The lowest BCUT2D eigenvalue weighted by atomic mass is 10.2. The Morgan fingerprint density at radius 1 is 1.28 bits per heavy atom. The molecular formula is C9H4ClF4NO3. The van der Waals surface area contributed by atoms with E-state index in [-0.39, 0.29) is 0 Å². The number of hydrogen-bond acceptors (Lipinski definition) is 2. The number of carbonyl (C=O) groups is 2. The number of halogens is 5. The maximum atomic E-state index is 13.5. The summed E-state index contributed by atoms with van der Waals surface area (Å²) >= 11 is 5.37. The largest absolute Gasteiger partial charge is 0.478 e. The van der Waals surface area contributed by atoms with Crippen LogP contribution in [0, 0.1) is 5.82 Å². The van der Waals surface area contributed by atoms with Crippen LogP contribution in [0.4, 0.5) is 23.2 Å². The van der Waals surface area contributed by atoms with E-state index < -0.39 is 40.1 Å². The zero-order valence-electron chi connectivity index (χ0n) is 8.31. The molecule has 18 heavy (non-hydrogen) atoms. The summed E-state index contributed by atoms with van der Waals surface area (Å²) in [6.07, 6.45) is -5.21. The van der Waals surface area contributed by atoms with E-state index in [9.17, 15) is 27.2 Å². The molecule has 0 unspecified atom stereocenters. The van der Waals surface area contributed by atoms with Gasteiger partial charge in [0.2, 0.25) is 0 Å². The van der Waals surface area contributed by atoms with E-state index in [1.807, 2.05) is 0 Å². The summed E-state index contributed by atoms with van der Waals surface area (Å²) in [6.45, 7) is 0. The van der Waals surface area contributed by atoms with Crippen molar-refractivity contribution in [2.24, 2.45) is 0 Å². The number of aromatic carboxylic acids is 1. The molecule has 4 nitrogen and oxygen atoms in total. The van der Waals surface area contributed by atoms with Gasteiger partial charge in [0, 0.05) is 0 Å². The van der Waals surface area contributed by atoms with E-state index in [1.54, 1.807) is 0 Å². The molecule has 0 spiro atoms. The second kappa shape index (κ2) is 4.81. The summed E-state index contributed by atoms with van der Waals surface area (Å²) in [5, 5.41) is 9.32. The molecule has 1 aromatic carbocycles. The Kier molecular flexibility index (Phi) is 3.80. The standard InChI is InChI=1S/C9H4ClF4NO3/c10-3-1-2-4(6(11)5(3)7(16)17)15-8(18)9(12,13)14/h1-2H,(H,15,18)(H,16,17). The summed E-state index contributed by atoms with van der Waals surface area (Å²) < 4.78 is 49.3.